The maximum atomic E-state index is 13.7. The molecule has 0 aliphatic rings. The van der Waals surface area contributed by atoms with E-state index in [9.17, 15) is 13.2 Å². The molecule has 0 spiro atoms. The van der Waals surface area contributed by atoms with Crippen LogP contribution < -0.4 is 4.57 Å². The van der Waals surface area contributed by atoms with E-state index in [4.69, 9.17) is 0 Å². The van der Waals surface area contributed by atoms with Crippen LogP contribution in [-0.4, -0.2) is 4.57 Å². The van der Waals surface area contributed by atoms with Gasteiger partial charge in [0.15, 0.2) is 11.9 Å². The summed E-state index contributed by atoms with van der Waals surface area (Å²) in [6.45, 7) is 3.76. The zero-order chi connectivity index (χ0) is 20.1. The summed E-state index contributed by atoms with van der Waals surface area (Å²) in [4.78, 5) is 0. The number of para-hydroxylation sites is 1. The van der Waals surface area contributed by atoms with Crippen molar-refractivity contribution in [2.45, 2.75) is 20.0 Å². The number of hydrogen-bond donors (Lipinski definition) is 0. The largest absolute Gasteiger partial charge is 0.416 e. The number of pyridine rings is 1. The molecule has 0 saturated heterocycles. The molecule has 2 nitrogen and oxygen atoms in total. The second-order valence-corrected chi connectivity index (χ2v) is 7.03. The maximum Gasteiger partial charge on any atom is 0.416 e. The van der Waals surface area contributed by atoms with Crippen LogP contribution in [0, 0.1) is 13.8 Å². The Morgan fingerprint density at radius 2 is 1.61 bits per heavy atom. The van der Waals surface area contributed by atoms with Gasteiger partial charge in [-0.15, -0.1) is 0 Å². The number of hydrogen-bond acceptors (Lipinski definition) is 0. The van der Waals surface area contributed by atoms with Gasteiger partial charge in [-0.05, 0) is 25.1 Å². The maximum absolute atomic E-state index is 13.7. The molecule has 0 atom stereocenters. The molecule has 0 saturated carbocycles. The third-order valence-corrected chi connectivity index (χ3v) is 5.26. The summed E-state index contributed by atoms with van der Waals surface area (Å²) < 4.78 is 44.9. The predicted octanol–water partition coefficient (Wildman–Crippen LogP) is 5.76. The highest BCUT2D eigenvalue weighted by Crippen LogP contribution is 2.37. The second kappa shape index (κ2) is 6.51. The SMILES string of the molecule is Cc1c(-c2cc3ccccc3n2C)cc(C(F)(F)F)cc1-[n+]1ccccc1C. The van der Waals surface area contributed by atoms with E-state index in [1.54, 1.807) is 10.8 Å². The fourth-order valence-electron chi connectivity index (χ4n) is 3.72. The van der Waals surface area contributed by atoms with E-state index in [1.165, 1.54) is 12.1 Å². The Labute approximate surface area is 161 Å². The number of alkyl halides is 3. The van der Waals surface area contributed by atoms with Crippen molar-refractivity contribution < 1.29 is 17.7 Å². The number of halogens is 3. The van der Waals surface area contributed by atoms with Crippen LogP contribution in [0.1, 0.15) is 16.8 Å². The molecule has 142 valence electrons. The third-order valence-electron chi connectivity index (χ3n) is 5.26. The van der Waals surface area contributed by atoms with E-state index in [0.717, 1.165) is 27.9 Å². The molecular formula is C23H20F3N2+. The van der Waals surface area contributed by atoms with Crippen molar-refractivity contribution in [2.24, 2.45) is 7.05 Å². The second-order valence-electron chi connectivity index (χ2n) is 7.03. The Bertz CT molecular complexity index is 1190. The van der Waals surface area contributed by atoms with Crippen LogP contribution >= 0.6 is 0 Å². The minimum absolute atomic E-state index is 0.535. The van der Waals surface area contributed by atoms with E-state index >= 15 is 0 Å². The van der Waals surface area contributed by atoms with Gasteiger partial charge in [0.05, 0.1) is 5.56 Å². The molecule has 0 aliphatic carbocycles. The van der Waals surface area contributed by atoms with E-state index in [-0.39, 0.29) is 0 Å². The fourth-order valence-corrected chi connectivity index (χ4v) is 3.72. The number of aromatic nitrogens is 2. The lowest BCUT2D eigenvalue weighted by molar-refractivity contribution is -0.603. The summed E-state index contributed by atoms with van der Waals surface area (Å²) in [6, 6.07) is 17.8. The van der Waals surface area contributed by atoms with Gasteiger partial charge in [0.1, 0.15) is 0 Å². The summed E-state index contributed by atoms with van der Waals surface area (Å²) in [5, 5.41) is 1.00. The highest BCUT2D eigenvalue weighted by molar-refractivity contribution is 5.88. The van der Waals surface area contributed by atoms with Crippen LogP contribution in [0.2, 0.25) is 0 Å². The molecule has 0 N–H and O–H groups in total. The quantitative estimate of drug-likeness (QED) is 0.391. The first kappa shape index (κ1) is 18.3. The molecule has 4 rings (SSSR count). The zero-order valence-corrected chi connectivity index (χ0v) is 15.9. The summed E-state index contributed by atoms with van der Waals surface area (Å²) in [7, 11) is 1.89. The number of nitrogens with zero attached hydrogens (tertiary/aromatic N) is 2. The fraction of sp³-hybridized carbons (Fsp3) is 0.174. The lowest BCUT2D eigenvalue weighted by Gasteiger charge is -2.15. The average Bonchev–Trinajstić information content (AvgIpc) is 2.99. The minimum Gasteiger partial charge on any atom is -0.344 e. The summed E-state index contributed by atoms with van der Waals surface area (Å²) in [6.07, 6.45) is -2.63. The van der Waals surface area contributed by atoms with Crippen LogP contribution in [0.25, 0.3) is 27.8 Å². The number of aryl methyl sites for hydroxylation is 2. The molecule has 2 heterocycles. The van der Waals surface area contributed by atoms with Crippen molar-refractivity contribution in [3.05, 3.63) is 83.7 Å². The Hall–Kier alpha value is -3.08. The first-order valence-electron chi connectivity index (χ1n) is 9.01. The molecule has 0 radical (unpaired) electrons. The lowest BCUT2D eigenvalue weighted by atomic mass is 9.99. The zero-order valence-electron chi connectivity index (χ0n) is 15.9. The van der Waals surface area contributed by atoms with Crippen LogP contribution in [-0.2, 0) is 13.2 Å². The number of benzene rings is 2. The predicted molar refractivity (Wildman–Crippen MR) is 104 cm³/mol. The standard InChI is InChI=1S/C23H20F3N2/c1-15-8-6-7-11-28(15)21-14-18(23(24,25)26)13-19(16(21)2)22-12-17-9-4-5-10-20(17)27(22)3/h4-14H,1-3H3/q+1. The topological polar surface area (TPSA) is 8.81 Å². The molecule has 28 heavy (non-hydrogen) atoms. The summed E-state index contributed by atoms with van der Waals surface area (Å²) in [5.74, 6) is 0. The molecule has 5 heteroatoms. The van der Waals surface area contributed by atoms with Gasteiger partial charge in [-0.3, -0.25) is 0 Å². The normalized spacial score (nSPS) is 11.9. The van der Waals surface area contributed by atoms with Crippen LogP contribution in [0.4, 0.5) is 13.2 Å². The first-order valence-corrected chi connectivity index (χ1v) is 9.01. The van der Waals surface area contributed by atoms with Crippen molar-refractivity contribution in [1.82, 2.24) is 4.57 Å². The Morgan fingerprint density at radius 3 is 2.29 bits per heavy atom. The average molecular weight is 381 g/mol. The van der Waals surface area contributed by atoms with Crippen LogP contribution in [0.15, 0.2) is 66.9 Å². The molecule has 2 aromatic heterocycles. The molecule has 2 aromatic carbocycles. The van der Waals surface area contributed by atoms with Gasteiger partial charge in [-0.2, -0.15) is 17.7 Å². The van der Waals surface area contributed by atoms with Gasteiger partial charge in [-0.1, -0.05) is 24.3 Å². The third kappa shape index (κ3) is 2.97. The van der Waals surface area contributed by atoms with E-state index < -0.39 is 11.7 Å². The van der Waals surface area contributed by atoms with Crippen molar-refractivity contribution in [3.63, 3.8) is 0 Å². The highest BCUT2D eigenvalue weighted by Gasteiger charge is 2.34. The van der Waals surface area contributed by atoms with Crippen molar-refractivity contribution in [2.75, 3.05) is 0 Å². The number of rotatable bonds is 2. The van der Waals surface area contributed by atoms with Gasteiger partial charge < -0.3 is 4.57 Å². The van der Waals surface area contributed by atoms with Gasteiger partial charge >= 0.3 is 6.18 Å². The molecule has 0 aliphatic heterocycles. The van der Waals surface area contributed by atoms with Crippen molar-refractivity contribution in [1.29, 1.82) is 0 Å². The molecule has 4 aromatic rings. The van der Waals surface area contributed by atoms with Gasteiger partial charge in [0.25, 0.3) is 0 Å². The highest BCUT2D eigenvalue weighted by atomic mass is 19.4. The monoisotopic (exact) mass is 381 g/mol. The van der Waals surface area contributed by atoms with Crippen LogP contribution in [0.3, 0.4) is 0 Å². The van der Waals surface area contributed by atoms with Gasteiger partial charge in [-0.25, -0.2) is 0 Å². The molecule has 0 amide bonds. The first-order chi connectivity index (χ1) is 13.3. The van der Waals surface area contributed by atoms with Crippen LogP contribution in [0.5, 0.6) is 0 Å². The molecule has 0 fully saturated rings. The van der Waals surface area contributed by atoms with E-state index in [1.807, 2.05) is 74.0 Å². The Kier molecular flexibility index (Phi) is 4.26. The van der Waals surface area contributed by atoms with E-state index in [2.05, 4.69) is 0 Å². The lowest BCUT2D eigenvalue weighted by Crippen LogP contribution is -2.35. The van der Waals surface area contributed by atoms with E-state index in [0.29, 0.717) is 11.3 Å². The number of fused-ring (bicyclic) bond motifs is 1. The summed E-state index contributed by atoms with van der Waals surface area (Å²) in [5.41, 5.74) is 3.89. The molecule has 0 unspecified atom stereocenters. The Morgan fingerprint density at radius 1 is 0.893 bits per heavy atom. The molecular weight excluding hydrogens is 361 g/mol. The molecule has 0 bridgehead atoms. The van der Waals surface area contributed by atoms with Crippen molar-refractivity contribution in [3.8, 4) is 16.9 Å². The van der Waals surface area contributed by atoms with Gasteiger partial charge in [0, 0.05) is 59.9 Å². The van der Waals surface area contributed by atoms with Crippen molar-refractivity contribution >= 4 is 10.9 Å². The van der Waals surface area contributed by atoms with Gasteiger partial charge in [0.2, 0.25) is 5.69 Å². The Balaban J connectivity index is 2.05. The summed E-state index contributed by atoms with van der Waals surface area (Å²) >= 11 is 0. The minimum atomic E-state index is -4.43. The smallest absolute Gasteiger partial charge is 0.344 e.